The van der Waals surface area contributed by atoms with E-state index in [0.717, 1.165) is 6.20 Å². The van der Waals surface area contributed by atoms with Gasteiger partial charge in [0.25, 0.3) is 12.2 Å². The maximum atomic E-state index is 12.9. The Kier molecular flexibility index (Phi) is 5.40. The number of nitrogens with zero attached hydrogens (tertiary/aromatic N) is 2. The second-order valence-corrected chi connectivity index (χ2v) is 5.41. The van der Waals surface area contributed by atoms with Crippen molar-refractivity contribution in [3.8, 4) is 0 Å². The third kappa shape index (κ3) is 4.55. The fourth-order valence-corrected chi connectivity index (χ4v) is 2.52. The summed E-state index contributed by atoms with van der Waals surface area (Å²) in [7, 11) is 0. The second-order valence-electron chi connectivity index (χ2n) is 5.41. The number of halogens is 3. The Labute approximate surface area is 140 Å². The van der Waals surface area contributed by atoms with Crippen molar-refractivity contribution in [3.63, 3.8) is 0 Å². The molecule has 0 saturated heterocycles. The number of aromatic nitrogens is 2. The van der Waals surface area contributed by atoms with Gasteiger partial charge < -0.3 is 4.74 Å². The predicted octanol–water partition coefficient (Wildman–Crippen LogP) is 2.97. The molecule has 1 unspecified atom stereocenters. The van der Waals surface area contributed by atoms with Gasteiger partial charge in [-0.2, -0.15) is 18.3 Å². The number of alkyl halides is 3. The number of aryl methyl sites for hydroxylation is 1. The van der Waals surface area contributed by atoms with Crippen molar-refractivity contribution in [3.05, 3.63) is 56.9 Å². The van der Waals surface area contributed by atoms with Gasteiger partial charge in [-0.1, -0.05) is 6.07 Å². The SMILES string of the molecule is Cc1cc(CC(Cc2cn[nH]c2C(F)(F)F)OC=O)ccc1[N+](=O)[O-]. The lowest BCUT2D eigenvalue weighted by atomic mass is 9.99. The van der Waals surface area contributed by atoms with E-state index in [9.17, 15) is 28.1 Å². The lowest BCUT2D eigenvalue weighted by Crippen LogP contribution is -2.20. The Bertz CT molecular complexity index is 774. The normalized spacial score (nSPS) is 12.6. The third-order valence-electron chi connectivity index (χ3n) is 3.62. The maximum absolute atomic E-state index is 12.9. The summed E-state index contributed by atoms with van der Waals surface area (Å²) in [6.07, 6.45) is -4.51. The molecule has 1 atom stereocenters. The molecular weight excluding hydrogens is 343 g/mol. The summed E-state index contributed by atoms with van der Waals surface area (Å²) in [5.74, 6) is 0. The monoisotopic (exact) mass is 357 g/mol. The van der Waals surface area contributed by atoms with Crippen molar-refractivity contribution in [2.45, 2.75) is 32.0 Å². The van der Waals surface area contributed by atoms with Gasteiger partial charge in [-0.25, -0.2) is 0 Å². The van der Waals surface area contributed by atoms with E-state index in [4.69, 9.17) is 4.74 Å². The molecule has 0 amide bonds. The fourth-order valence-electron chi connectivity index (χ4n) is 2.52. The van der Waals surface area contributed by atoms with E-state index in [2.05, 4.69) is 5.10 Å². The quantitative estimate of drug-likeness (QED) is 0.467. The fraction of sp³-hybridized carbons (Fsp3) is 0.333. The number of rotatable bonds is 7. The zero-order chi connectivity index (χ0) is 18.6. The first-order valence-corrected chi connectivity index (χ1v) is 7.14. The zero-order valence-corrected chi connectivity index (χ0v) is 13.0. The van der Waals surface area contributed by atoms with Crippen LogP contribution in [0.4, 0.5) is 18.9 Å². The molecule has 1 aromatic heterocycles. The van der Waals surface area contributed by atoms with Crippen molar-refractivity contribution in [2.24, 2.45) is 0 Å². The first-order valence-electron chi connectivity index (χ1n) is 7.14. The first kappa shape index (κ1) is 18.4. The topological polar surface area (TPSA) is 98.1 Å². The second kappa shape index (κ2) is 7.32. The number of hydrogen-bond donors (Lipinski definition) is 1. The van der Waals surface area contributed by atoms with Crippen molar-refractivity contribution in [1.82, 2.24) is 10.2 Å². The largest absolute Gasteiger partial charge is 0.464 e. The van der Waals surface area contributed by atoms with Crippen LogP contribution in [0.2, 0.25) is 0 Å². The highest BCUT2D eigenvalue weighted by Gasteiger charge is 2.36. The van der Waals surface area contributed by atoms with Crippen molar-refractivity contribution < 1.29 is 27.6 Å². The molecule has 0 spiro atoms. The molecule has 0 aliphatic carbocycles. The molecule has 2 rings (SSSR count). The standard InChI is InChI=1S/C15H14F3N3O4/c1-9-4-10(2-3-13(9)21(23)24)5-12(25-8-22)6-11-7-19-20-14(11)15(16,17)18/h2-4,7-8,12H,5-6H2,1H3,(H,19,20). The summed E-state index contributed by atoms with van der Waals surface area (Å²) in [5, 5.41) is 16.1. The molecule has 0 bridgehead atoms. The average molecular weight is 357 g/mol. The Morgan fingerprint density at radius 2 is 2.12 bits per heavy atom. The van der Waals surface area contributed by atoms with Gasteiger partial charge in [0, 0.05) is 30.0 Å². The Morgan fingerprint density at radius 3 is 2.68 bits per heavy atom. The van der Waals surface area contributed by atoms with Gasteiger partial charge in [-0.15, -0.1) is 0 Å². The number of H-pyrrole nitrogens is 1. The van der Waals surface area contributed by atoms with E-state index in [1.165, 1.54) is 12.1 Å². The molecular formula is C15H14F3N3O4. The lowest BCUT2D eigenvalue weighted by molar-refractivity contribution is -0.385. The molecule has 10 heteroatoms. The maximum Gasteiger partial charge on any atom is 0.433 e. The molecule has 7 nitrogen and oxygen atoms in total. The van der Waals surface area contributed by atoms with E-state index in [-0.39, 0.29) is 30.6 Å². The molecule has 0 radical (unpaired) electrons. The van der Waals surface area contributed by atoms with E-state index >= 15 is 0 Å². The van der Waals surface area contributed by atoms with Gasteiger partial charge in [-0.3, -0.25) is 20.0 Å². The van der Waals surface area contributed by atoms with Crippen LogP contribution >= 0.6 is 0 Å². The smallest absolute Gasteiger partial charge is 0.433 e. The van der Waals surface area contributed by atoms with Crippen LogP contribution in [0.1, 0.15) is 22.4 Å². The number of nitro groups is 1. The third-order valence-corrected chi connectivity index (χ3v) is 3.62. The van der Waals surface area contributed by atoms with E-state index in [1.54, 1.807) is 13.0 Å². The number of ether oxygens (including phenoxy) is 1. The first-order chi connectivity index (χ1) is 11.7. The molecule has 0 fully saturated rings. The highest BCUT2D eigenvalue weighted by atomic mass is 19.4. The van der Waals surface area contributed by atoms with Gasteiger partial charge in [0.05, 0.1) is 11.1 Å². The van der Waals surface area contributed by atoms with Gasteiger partial charge in [0.1, 0.15) is 11.8 Å². The van der Waals surface area contributed by atoms with Gasteiger partial charge in [0.15, 0.2) is 0 Å². The zero-order valence-electron chi connectivity index (χ0n) is 13.0. The summed E-state index contributed by atoms with van der Waals surface area (Å²) < 4.78 is 43.5. The number of nitrogens with one attached hydrogen (secondary N) is 1. The van der Waals surface area contributed by atoms with Crippen LogP contribution in [0.25, 0.3) is 0 Å². The highest BCUT2D eigenvalue weighted by Crippen LogP contribution is 2.31. The number of benzene rings is 1. The molecule has 1 heterocycles. The van der Waals surface area contributed by atoms with Crippen LogP contribution < -0.4 is 0 Å². The minimum atomic E-state index is -4.60. The number of aromatic amines is 1. The summed E-state index contributed by atoms with van der Waals surface area (Å²) in [5.41, 5.74) is -0.172. The van der Waals surface area contributed by atoms with Gasteiger partial charge >= 0.3 is 6.18 Å². The van der Waals surface area contributed by atoms with Crippen molar-refractivity contribution in [1.29, 1.82) is 0 Å². The van der Waals surface area contributed by atoms with Crippen LogP contribution in [-0.4, -0.2) is 27.7 Å². The molecule has 25 heavy (non-hydrogen) atoms. The Hall–Kier alpha value is -2.91. The Morgan fingerprint density at radius 1 is 1.40 bits per heavy atom. The van der Waals surface area contributed by atoms with Gasteiger partial charge in [0.2, 0.25) is 0 Å². The van der Waals surface area contributed by atoms with Crippen molar-refractivity contribution >= 4 is 12.2 Å². The molecule has 0 saturated carbocycles. The predicted molar refractivity (Wildman–Crippen MR) is 79.8 cm³/mol. The minimum Gasteiger partial charge on any atom is -0.464 e. The average Bonchev–Trinajstić information content (AvgIpc) is 2.95. The van der Waals surface area contributed by atoms with E-state index < -0.39 is 22.9 Å². The van der Waals surface area contributed by atoms with Crippen LogP contribution in [0.5, 0.6) is 0 Å². The van der Waals surface area contributed by atoms with Crippen LogP contribution in [0.3, 0.4) is 0 Å². The van der Waals surface area contributed by atoms with E-state index in [1.807, 2.05) is 5.10 Å². The van der Waals surface area contributed by atoms with Crippen molar-refractivity contribution in [2.75, 3.05) is 0 Å². The lowest BCUT2D eigenvalue weighted by Gasteiger charge is -2.16. The molecule has 2 aromatic rings. The summed E-state index contributed by atoms with van der Waals surface area (Å²) in [6, 6.07) is 4.33. The summed E-state index contributed by atoms with van der Waals surface area (Å²) >= 11 is 0. The van der Waals surface area contributed by atoms with Crippen LogP contribution in [0, 0.1) is 17.0 Å². The molecule has 0 aliphatic rings. The molecule has 1 aromatic carbocycles. The molecule has 134 valence electrons. The van der Waals surface area contributed by atoms with Crippen LogP contribution in [-0.2, 0) is 28.5 Å². The Balaban J connectivity index is 2.19. The van der Waals surface area contributed by atoms with Crippen LogP contribution in [0.15, 0.2) is 24.4 Å². The van der Waals surface area contributed by atoms with Gasteiger partial charge in [-0.05, 0) is 18.6 Å². The van der Waals surface area contributed by atoms with E-state index in [0.29, 0.717) is 11.1 Å². The number of carbonyl (C=O) groups excluding carboxylic acids is 1. The summed E-state index contributed by atoms with van der Waals surface area (Å²) in [6.45, 7) is 1.71. The summed E-state index contributed by atoms with van der Waals surface area (Å²) in [4.78, 5) is 21.0. The highest BCUT2D eigenvalue weighted by molar-refractivity contribution is 5.42. The minimum absolute atomic E-state index is 0.0641. The number of nitro benzene ring substituents is 1. The number of carbonyl (C=O) groups is 1. The molecule has 0 aliphatic heterocycles. The molecule has 1 N–H and O–H groups in total. The number of hydrogen-bond acceptors (Lipinski definition) is 5.